The van der Waals surface area contributed by atoms with Crippen molar-refractivity contribution in [2.45, 2.75) is 13.0 Å². The molecule has 0 aromatic heterocycles. The van der Waals surface area contributed by atoms with E-state index in [-0.39, 0.29) is 12.4 Å². The van der Waals surface area contributed by atoms with E-state index in [4.69, 9.17) is 4.74 Å². The van der Waals surface area contributed by atoms with Gasteiger partial charge in [-0.2, -0.15) is 0 Å². The lowest BCUT2D eigenvalue weighted by atomic mass is 10.1. The molecule has 5 heteroatoms. The first-order valence-corrected chi connectivity index (χ1v) is 5.69. The minimum absolute atomic E-state index is 0.241. The minimum atomic E-state index is -0.899. The maximum atomic E-state index is 11.9. The number of ether oxygens (including phenoxy) is 1. The molecule has 0 spiro atoms. The van der Waals surface area contributed by atoms with Gasteiger partial charge in [0.15, 0.2) is 11.8 Å². The average Bonchev–Trinajstić information content (AvgIpc) is 2.57. The smallest absolute Gasteiger partial charge is 0.336 e. The van der Waals surface area contributed by atoms with Crippen molar-refractivity contribution in [2.75, 3.05) is 11.9 Å². The molecule has 0 saturated carbocycles. The van der Waals surface area contributed by atoms with Crippen LogP contribution in [0.3, 0.4) is 0 Å². The van der Waals surface area contributed by atoms with Crippen molar-refractivity contribution in [1.29, 1.82) is 0 Å². The number of esters is 1. The van der Waals surface area contributed by atoms with Gasteiger partial charge >= 0.3 is 5.97 Å². The number of fused-ring (bicyclic) bond motifs is 1. The van der Waals surface area contributed by atoms with Crippen LogP contribution in [0, 0.1) is 0 Å². The fourth-order valence-corrected chi connectivity index (χ4v) is 1.98. The summed E-state index contributed by atoms with van der Waals surface area (Å²) in [5.74, 6) is -0.769. The molecule has 1 aromatic carbocycles. The summed E-state index contributed by atoms with van der Waals surface area (Å²) < 4.78 is 5.63. The number of carbonyl (C=O) groups excluding carboxylic acids is 2. The number of benzene rings is 1. The number of anilines is 1. The minimum Gasteiger partial charge on any atom is -0.464 e. The fraction of sp³-hybridized carbons (Fsp3) is 0.273. The van der Waals surface area contributed by atoms with Crippen LogP contribution in [0.5, 0.6) is 0 Å². The second-order valence-electron chi connectivity index (χ2n) is 3.38. The van der Waals surface area contributed by atoms with Crippen molar-refractivity contribution < 1.29 is 14.3 Å². The van der Waals surface area contributed by atoms with E-state index < -0.39 is 12.0 Å². The summed E-state index contributed by atoms with van der Waals surface area (Å²) in [4.78, 5) is 23.4. The number of nitrogens with one attached hydrogen (secondary N) is 1. The van der Waals surface area contributed by atoms with Gasteiger partial charge in [0.2, 0.25) is 0 Å². The van der Waals surface area contributed by atoms with Gasteiger partial charge in [0.1, 0.15) is 0 Å². The lowest BCUT2D eigenvalue weighted by molar-refractivity contribution is -0.142. The Morgan fingerprint density at radius 1 is 1.56 bits per heavy atom. The molecule has 0 saturated heterocycles. The lowest BCUT2D eigenvalue weighted by Gasteiger charge is -2.07. The number of rotatable bonds is 2. The van der Waals surface area contributed by atoms with Crippen LogP contribution < -0.4 is 5.32 Å². The van der Waals surface area contributed by atoms with E-state index in [2.05, 4.69) is 21.2 Å². The SMILES string of the molecule is CCOC(=O)[C@@H]1Nc2ccc(Br)cc2C1=O. The van der Waals surface area contributed by atoms with Crippen LogP contribution in [-0.2, 0) is 9.53 Å². The summed E-state index contributed by atoms with van der Waals surface area (Å²) >= 11 is 3.28. The van der Waals surface area contributed by atoms with Gasteiger partial charge < -0.3 is 10.1 Å². The molecule has 2 rings (SSSR count). The Kier molecular flexibility index (Phi) is 2.96. The molecular formula is C11H10BrNO3. The van der Waals surface area contributed by atoms with Gasteiger partial charge in [-0.15, -0.1) is 0 Å². The topological polar surface area (TPSA) is 55.4 Å². The van der Waals surface area contributed by atoms with Crippen molar-refractivity contribution in [2.24, 2.45) is 0 Å². The predicted molar refractivity (Wildman–Crippen MR) is 62.5 cm³/mol. The summed E-state index contributed by atoms with van der Waals surface area (Å²) in [6.07, 6.45) is 0. The first kappa shape index (κ1) is 11.1. The third-order valence-electron chi connectivity index (χ3n) is 2.33. The lowest BCUT2D eigenvalue weighted by Crippen LogP contribution is -2.33. The van der Waals surface area contributed by atoms with Crippen LogP contribution in [0.2, 0.25) is 0 Å². The van der Waals surface area contributed by atoms with Gasteiger partial charge in [-0.25, -0.2) is 4.79 Å². The highest BCUT2D eigenvalue weighted by atomic mass is 79.9. The molecule has 0 bridgehead atoms. The maximum absolute atomic E-state index is 11.9. The van der Waals surface area contributed by atoms with Crippen molar-refractivity contribution in [3.05, 3.63) is 28.2 Å². The first-order valence-electron chi connectivity index (χ1n) is 4.90. The van der Waals surface area contributed by atoms with Gasteiger partial charge in [0, 0.05) is 15.7 Å². The van der Waals surface area contributed by atoms with Crippen molar-refractivity contribution in [3.8, 4) is 0 Å². The Morgan fingerprint density at radius 2 is 2.31 bits per heavy atom. The average molecular weight is 284 g/mol. The number of hydrogen-bond acceptors (Lipinski definition) is 4. The van der Waals surface area contributed by atoms with E-state index in [0.29, 0.717) is 11.3 Å². The van der Waals surface area contributed by atoms with E-state index in [1.165, 1.54) is 0 Å². The molecule has 0 unspecified atom stereocenters. The molecule has 1 aliphatic heterocycles. The molecule has 1 N–H and O–H groups in total. The summed E-state index contributed by atoms with van der Waals surface area (Å²) in [6, 6.07) is 4.37. The predicted octanol–water partition coefficient (Wildman–Crippen LogP) is 1.99. The van der Waals surface area contributed by atoms with Gasteiger partial charge in [-0.1, -0.05) is 15.9 Å². The molecule has 1 aliphatic rings. The zero-order chi connectivity index (χ0) is 11.7. The van der Waals surface area contributed by atoms with Crippen LogP contribution in [0.4, 0.5) is 5.69 Å². The van der Waals surface area contributed by atoms with Crippen LogP contribution in [0.25, 0.3) is 0 Å². The third-order valence-corrected chi connectivity index (χ3v) is 2.82. The third kappa shape index (κ3) is 1.82. The first-order chi connectivity index (χ1) is 7.63. The molecule has 16 heavy (non-hydrogen) atoms. The molecule has 1 atom stereocenters. The Labute approximate surface area is 101 Å². The quantitative estimate of drug-likeness (QED) is 0.666. The van der Waals surface area contributed by atoms with Crippen molar-refractivity contribution in [1.82, 2.24) is 0 Å². The second-order valence-corrected chi connectivity index (χ2v) is 4.30. The summed E-state index contributed by atoms with van der Waals surface area (Å²) in [7, 11) is 0. The van der Waals surface area contributed by atoms with Gasteiger partial charge in [0.25, 0.3) is 0 Å². The Balaban J connectivity index is 2.27. The standard InChI is InChI=1S/C11H10BrNO3/c1-2-16-11(15)9-10(14)7-5-6(12)3-4-8(7)13-9/h3-5,9,13H,2H2,1H3/t9-/m1/s1. The van der Waals surface area contributed by atoms with E-state index in [1.54, 1.807) is 19.1 Å². The summed E-state index contributed by atoms with van der Waals surface area (Å²) in [6.45, 7) is 1.98. The number of hydrogen-bond donors (Lipinski definition) is 1. The maximum Gasteiger partial charge on any atom is 0.336 e. The molecule has 4 nitrogen and oxygen atoms in total. The van der Waals surface area contributed by atoms with Gasteiger partial charge in [-0.3, -0.25) is 4.79 Å². The highest BCUT2D eigenvalue weighted by Crippen LogP contribution is 2.29. The van der Waals surface area contributed by atoms with E-state index >= 15 is 0 Å². The highest BCUT2D eigenvalue weighted by Gasteiger charge is 2.36. The van der Waals surface area contributed by atoms with E-state index in [1.807, 2.05) is 6.07 Å². The zero-order valence-electron chi connectivity index (χ0n) is 8.62. The molecular weight excluding hydrogens is 274 g/mol. The molecule has 1 heterocycles. The van der Waals surface area contributed by atoms with Gasteiger partial charge in [0.05, 0.1) is 6.61 Å². The monoisotopic (exact) mass is 283 g/mol. The summed E-state index contributed by atoms with van der Waals surface area (Å²) in [5, 5.41) is 2.85. The number of halogens is 1. The Bertz CT molecular complexity index is 459. The van der Waals surface area contributed by atoms with E-state index in [0.717, 1.165) is 4.47 Å². The fourth-order valence-electron chi connectivity index (χ4n) is 1.61. The summed E-state index contributed by atoms with van der Waals surface area (Å²) in [5.41, 5.74) is 1.19. The number of ketones is 1. The second kappa shape index (κ2) is 4.25. The molecule has 0 amide bonds. The normalized spacial score (nSPS) is 17.9. The molecule has 84 valence electrons. The van der Waals surface area contributed by atoms with E-state index in [9.17, 15) is 9.59 Å². The number of carbonyl (C=O) groups is 2. The van der Waals surface area contributed by atoms with Crippen LogP contribution in [0.1, 0.15) is 17.3 Å². The largest absolute Gasteiger partial charge is 0.464 e. The Hall–Kier alpha value is -1.36. The van der Waals surface area contributed by atoms with Gasteiger partial charge in [-0.05, 0) is 25.1 Å². The molecule has 0 fully saturated rings. The van der Waals surface area contributed by atoms with Crippen LogP contribution in [-0.4, -0.2) is 24.4 Å². The zero-order valence-corrected chi connectivity index (χ0v) is 10.2. The van der Waals surface area contributed by atoms with Crippen LogP contribution in [0.15, 0.2) is 22.7 Å². The number of Topliss-reactive ketones (excluding diaryl/α,β-unsaturated/α-hetero) is 1. The highest BCUT2D eigenvalue weighted by molar-refractivity contribution is 9.10. The van der Waals surface area contributed by atoms with Crippen LogP contribution >= 0.6 is 15.9 Å². The van der Waals surface area contributed by atoms with Crippen molar-refractivity contribution >= 4 is 33.4 Å². The molecule has 0 radical (unpaired) electrons. The molecule has 1 aromatic rings. The Morgan fingerprint density at radius 3 is 3.00 bits per heavy atom. The van der Waals surface area contributed by atoms with Crippen molar-refractivity contribution in [3.63, 3.8) is 0 Å². The molecule has 0 aliphatic carbocycles.